The molecule has 2 amide bonds. The molecule has 0 saturated carbocycles. The summed E-state index contributed by atoms with van der Waals surface area (Å²) in [5.74, 6) is -0.383. The van der Waals surface area contributed by atoms with E-state index in [9.17, 15) is 9.59 Å². The van der Waals surface area contributed by atoms with Crippen molar-refractivity contribution >= 4 is 35.2 Å². The molecule has 0 aliphatic carbocycles. The van der Waals surface area contributed by atoms with Crippen molar-refractivity contribution in [2.24, 2.45) is 0 Å². The molecule has 0 unspecified atom stereocenters. The summed E-state index contributed by atoms with van der Waals surface area (Å²) in [5, 5.41) is 2.90. The van der Waals surface area contributed by atoms with Crippen LogP contribution in [0, 0.1) is 0 Å². The zero-order valence-electron chi connectivity index (χ0n) is 12.9. The lowest BCUT2D eigenvalue weighted by Gasteiger charge is -2.24. The van der Waals surface area contributed by atoms with Crippen molar-refractivity contribution in [3.63, 3.8) is 0 Å². The highest BCUT2D eigenvalue weighted by Crippen LogP contribution is 2.16. The van der Waals surface area contributed by atoms with Crippen LogP contribution in [0.2, 0.25) is 10.3 Å². The molecule has 1 rings (SSSR count). The van der Waals surface area contributed by atoms with E-state index in [4.69, 9.17) is 27.9 Å². The second-order valence-electron chi connectivity index (χ2n) is 5.63. The van der Waals surface area contributed by atoms with Crippen molar-refractivity contribution in [3.8, 4) is 0 Å². The molecule has 0 fully saturated rings. The van der Waals surface area contributed by atoms with E-state index in [0.29, 0.717) is 6.54 Å². The van der Waals surface area contributed by atoms with Crippen LogP contribution >= 0.6 is 23.2 Å². The number of pyridine rings is 1. The van der Waals surface area contributed by atoms with E-state index in [-0.39, 0.29) is 28.3 Å². The molecule has 0 saturated heterocycles. The van der Waals surface area contributed by atoms with Crippen molar-refractivity contribution < 1.29 is 14.3 Å². The summed E-state index contributed by atoms with van der Waals surface area (Å²) < 4.78 is 5.20. The Labute approximate surface area is 139 Å². The number of aromatic nitrogens is 1. The molecule has 0 aromatic carbocycles. The van der Waals surface area contributed by atoms with Crippen molar-refractivity contribution in [1.82, 2.24) is 15.2 Å². The zero-order valence-corrected chi connectivity index (χ0v) is 14.5. The molecule has 0 spiro atoms. The maximum Gasteiger partial charge on any atom is 0.410 e. The molecular formula is C14H19Cl2N3O3. The quantitative estimate of drug-likeness (QED) is 0.849. The minimum atomic E-state index is -0.558. The summed E-state index contributed by atoms with van der Waals surface area (Å²) in [6, 6.07) is 2.97. The van der Waals surface area contributed by atoms with Crippen molar-refractivity contribution in [1.29, 1.82) is 0 Å². The number of carbonyl (C=O) groups is 2. The fourth-order valence-electron chi connectivity index (χ4n) is 1.44. The van der Waals surface area contributed by atoms with E-state index in [1.807, 2.05) is 0 Å². The van der Waals surface area contributed by atoms with E-state index < -0.39 is 11.7 Å². The van der Waals surface area contributed by atoms with Gasteiger partial charge < -0.3 is 15.0 Å². The molecule has 0 atom stereocenters. The maximum atomic E-state index is 11.9. The van der Waals surface area contributed by atoms with Gasteiger partial charge in [0.2, 0.25) is 0 Å². The van der Waals surface area contributed by atoms with Crippen LogP contribution in [-0.4, -0.2) is 47.6 Å². The second-order valence-corrected chi connectivity index (χ2v) is 6.38. The average molecular weight is 348 g/mol. The Kier molecular flexibility index (Phi) is 6.44. The van der Waals surface area contributed by atoms with E-state index >= 15 is 0 Å². The fourth-order valence-corrected chi connectivity index (χ4v) is 1.88. The van der Waals surface area contributed by atoms with Gasteiger partial charge in [-0.05, 0) is 32.9 Å². The molecule has 0 aliphatic heterocycles. The lowest BCUT2D eigenvalue weighted by Crippen LogP contribution is -2.39. The minimum absolute atomic E-state index is 0.0329. The monoisotopic (exact) mass is 347 g/mol. The van der Waals surface area contributed by atoms with Crippen LogP contribution < -0.4 is 5.32 Å². The number of nitrogens with one attached hydrogen (secondary N) is 1. The normalized spacial score (nSPS) is 11.0. The number of hydrogen-bond donors (Lipinski definition) is 1. The summed E-state index contributed by atoms with van der Waals surface area (Å²) in [6.07, 6.45) is -0.451. The number of rotatable bonds is 4. The molecule has 1 heterocycles. The minimum Gasteiger partial charge on any atom is -0.444 e. The van der Waals surface area contributed by atoms with Crippen molar-refractivity contribution in [3.05, 3.63) is 28.0 Å². The smallest absolute Gasteiger partial charge is 0.410 e. The number of halogens is 2. The van der Waals surface area contributed by atoms with Crippen LogP contribution in [0.4, 0.5) is 4.79 Å². The Hall–Kier alpha value is -1.53. The highest BCUT2D eigenvalue weighted by Gasteiger charge is 2.19. The predicted octanol–water partition coefficient (Wildman–Crippen LogP) is 2.99. The number of carbonyl (C=O) groups excluding carboxylic acids is 2. The number of hydrogen-bond acceptors (Lipinski definition) is 4. The molecule has 1 aromatic heterocycles. The van der Waals surface area contributed by atoms with Crippen molar-refractivity contribution in [2.75, 3.05) is 20.1 Å². The molecule has 0 bridgehead atoms. The summed E-state index contributed by atoms with van der Waals surface area (Å²) in [6.45, 7) is 5.93. The number of amides is 2. The first-order valence-electron chi connectivity index (χ1n) is 6.64. The Morgan fingerprint density at radius 2 is 1.95 bits per heavy atom. The van der Waals surface area contributed by atoms with Crippen molar-refractivity contribution in [2.45, 2.75) is 26.4 Å². The van der Waals surface area contributed by atoms with Gasteiger partial charge in [-0.2, -0.15) is 0 Å². The highest BCUT2D eigenvalue weighted by atomic mass is 35.5. The van der Waals surface area contributed by atoms with E-state index in [2.05, 4.69) is 10.3 Å². The number of ether oxygens (including phenoxy) is 1. The van der Waals surface area contributed by atoms with Gasteiger partial charge in [-0.15, -0.1) is 0 Å². The first-order chi connectivity index (χ1) is 10.1. The van der Waals surface area contributed by atoms with Crippen LogP contribution in [0.5, 0.6) is 0 Å². The van der Waals surface area contributed by atoms with Gasteiger partial charge in [-0.3, -0.25) is 4.79 Å². The van der Waals surface area contributed by atoms with E-state index in [1.165, 1.54) is 17.0 Å². The molecule has 22 heavy (non-hydrogen) atoms. The number of nitrogens with zero attached hydrogens (tertiary/aromatic N) is 2. The van der Waals surface area contributed by atoms with Gasteiger partial charge in [-0.25, -0.2) is 9.78 Å². The third-order valence-electron chi connectivity index (χ3n) is 2.50. The van der Waals surface area contributed by atoms with Gasteiger partial charge in [-0.1, -0.05) is 23.2 Å². The maximum absolute atomic E-state index is 11.9. The van der Waals surface area contributed by atoms with Crippen LogP contribution in [0.3, 0.4) is 0 Å². The molecule has 1 N–H and O–H groups in total. The first kappa shape index (κ1) is 18.5. The molecule has 1 aromatic rings. The lowest BCUT2D eigenvalue weighted by atomic mass is 10.2. The van der Waals surface area contributed by atoms with Gasteiger partial charge in [0.15, 0.2) is 0 Å². The molecule has 122 valence electrons. The Morgan fingerprint density at radius 3 is 2.50 bits per heavy atom. The van der Waals surface area contributed by atoms with Gasteiger partial charge in [0, 0.05) is 20.1 Å². The Bertz CT molecular complexity index is 559. The summed E-state index contributed by atoms with van der Waals surface area (Å²) >= 11 is 11.5. The lowest BCUT2D eigenvalue weighted by molar-refractivity contribution is 0.0299. The first-order valence-corrected chi connectivity index (χ1v) is 7.40. The predicted molar refractivity (Wildman–Crippen MR) is 85.5 cm³/mol. The average Bonchev–Trinajstić information content (AvgIpc) is 2.36. The SMILES string of the molecule is CN(CCNC(=O)c1ccc(Cl)nc1Cl)C(=O)OC(C)(C)C. The van der Waals surface area contributed by atoms with Crippen LogP contribution in [-0.2, 0) is 4.74 Å². The Balaban J connectivity index is 2.46. The van der Waals surface area contributed by atoms with E-state index in [1.54, 1.807) is 27.8 Å². The molecule has 8 heteroatoms. The van der Waals surface area contributed by atoms with Gasteiger partial charge in [0.1, 0.15) is 15.9 Å². The molecular weight excluding hydrogens is 329 g/mol. The van der Waals surface area contributed by atoms with Crippen LogP contribution in [0.15, 0.2) is 12.1 Å². The van der Waals surface area contributed by atoms with Gasteiger partial charge >= 0.3 is 6.09 Å². The third kappa shape index (κ3) is 6.07. The molecule has 0 radical (unpaired) electrons. The van der Waals surface area contributed by atoms with Gasteiger partial charge in [0.05, 0.1) is 5.56 Å². The topological polar surface area (TPSA) is 71.5 Å². The largest absolute Gasteiger partial charge is 0.444 e. The Morgan fingerprint density at radius 1 is 1.32 bits per heavy atom. The van der Waals surface area contributed by atoms with E-state index in [0.717, 1.165) is 0 Å². The highest BCUT2D eigenvalue weighted by molar-refractivity contribution is 6.34. The zero-order chi connectivity index (χ0) is 16.9. The number of likely N-dealkylation sites (N-methyl/N-ethyl adjacent to an activating group) is 1. The van der Waals surface area contributed by atoms with Gasteiger partial charge in [0.25, 0.3) is 5.91 Å². The second kappa shape index (κ2) is 7.65. The summed E-state index contributed by atoms with van der Waals surface area (Å²) in [5.41, 5.74) is -0.331. The third-order valence-corrected chi connectivity index (χ3v) is 3.00. The summed E-state index contributed by atoms with van der Waals surface area (Å²) in [7, 11) is 1.59. The standard InChI is InChI=1S/C14H19Cl2N3O3/c1-14(2,3)22-13(21)19(4)8-7-17-12(20)9-5-6-10(15)18-11(9)16/h5-6H,7-8H2,1-4H3,(H,17,20). The summed E-state index contributed by atoms with van der Waals surface area (Å²) in [4.78, 5) is 28.9. The molecule has 0 aliphatic rings. The fraction of sp³-hybridized carbons (Fsp3) is 0.500. The van der Waals surface area contributed by atoms with Crippen LogP contribution in [0.1, 0.15) is 31.1 Å². The molecule has 6 nitrogen and oxygen atoms in total. The van der Waals surface area contributed by atoms with Crippen LogP contribution in [0.25, 0.3) is 0 Å².